The minimum absolute atomic E-state index is 0.0590. The fourth-order valence-electron chi connectivity index (χ4n) is 2.54. The molecular weight excluding hydrogens is 280 g/mol. The average molecular weight is 317 g/mol. The van der Waals surface area contributed by atoms with Gasteiger partial charge in [0.2, 0.25) is 0 Å². The third kappa shape index (κ3) is 16.0. The molecule has 1 unspecified atom stereocenters. The Morgan fingerprint density at radius 2 is 1.38 bits per heavy atom. The summed E-state index contributed by atoms with van der Waals surface area (Å²) in [4.78, 5) is 11.2. The quantitative estimate of drug-likeness (QED) is 0.230. The van der Waals surface area contributed by atoms with Crippen molar-refractivity contribution in [3.05, 3.63) is 0 Å². The predicted molar refractivity (Wildman–Crippen MR) is 95.1 cm³/mol. The third-order valence-electron chi connectivity index (χ3n) is 3.86. The van der Waals surface area contributed by atoms with Crippen LogP contribution in [0.5, 0.6) is 0 Å². The van der Waals surface area contributed by atoms with E-state index in [1.165, 1.54) is 57.8 Å². The van der Waals surface area contributed by atoms with Crippen LogP contribution in [0.3, 0.4) is 0 Å². The molecule has 0 aromatic rings. The van der Waals surface area contributed by atoms with E-state index in [0.29, 0.717) is 18.3 Å². The van der Waals surface area contributed by atoms with Gasteiger partial charge < -0.3 is 4.74 Å². The molecule has 0 amide bonds. The highest BCUT2D eigenvalue weighted by Gasteiger charge is 2.05. The molecule has 0 fully saturated rings. The lowest BCUT2D eigenvalue weighted by Crippen LogP contribution is -2.04. The number of rotatable bonds is 15. The van der Waals surface area contributed by atoms with Crippen LogP contribution in [0.4, 0.5) is 0 Å². The number of hydrogen-bond donors (Lipinski definition) is 1. The minimum atomic E-state index is -0.0590. The first-order valence-electron chi connectivity index (χ1n) is 9.04. The summed E-state index contributed by atoms with van der Waals surface area (Å²) < 4.78 is 4.92. The predicted octanol–water partition coefficient (Wildman–Crippen LogP) is 5.94. The van der Waals surface area contributed by atoms with Gasteiger partial charge in [-0.1, -0.05) is 64.7 Å². The van der Waals surface area contributed by atoms with E-state index in [4.69, 9.17) is 4.74 Å². The molecule has 0 aromatic heterocycles. The molecule has 2 nitrogen and oxygen atoms in total. The van der Waals surface area contributed by atoms with E-state index < -0.39 is 0 Å². The van der Waals surface area contributed by atoms with Gasteiger partial charge in [0.15, 0.2) is 0 Å². The highest BCUT2D eigenvalue weighted by molar-refractivity contribution is 7.80. The van der Waals surface area contributed by atoms with Crippen LogP contribution in [0.25, 0.3) is 0 Å². The smallest absolute Gasteiger partial charge is 0.305 e. The Morgan fingerprint density at radius 1 is 0.857 bits per heavy atom. The van der Waals surface area contributed by atoms with Crippen molar-refractivity contribution in [2.24, 2.45) is 0 Å². The molecule has 0 aromatic carbocycles. The first kappa shape index (κ1) is 20.8. The van der Waals surface area contributed by atoms with E-state index >= 15 is 0 Å². The largest absolute Gasteiger partial charge is 0.466 e. The molecule has 0 aliphatic carbocycles. The molecule has 0 saturated carbocycles. The highest BCUT2D eigenvalue weighted by atomic mass is 32.1. The van der Waals surface area contributed by atoms with E-state index in [2.05, 4.69) is 19.6 Å². The third-order valence-corrected chi connectivity index (χ3v) is 4.38. The molecule has 0 radical (unpaired) electrons. The Hall–Kier alpha value is -0.180. The second-order valence-electron chi connectivity index (χ2n) is 5.97. The topological polar surface area (TPSA) is 26.3 Å². The normalized spacial score (nSPS) is 12.3. The number of unbranched alkanes of at least 4 members (excludes halogenated alkanes) is 8. The second-order valence-corrected chi connectivity index (χ2v) is 6.70. The molecule has 0 spiro atoms. The molecule has 21 heavy (non-hydrogen) atoms. The van der Waals surface area contributed by atoms with Crippen molar-refractivity contribution in [1.29, 1.82) is 0 Å². The molecule has 3 heteroatoms. The van der Waals surface area contributed by atoms with Crippen molar-refractivity contribution in [1.82, 2.24) is 0 Å². The Labute approximate surface area is 137 Å². The summed E-state index contributed by atoms with van der Waals surface area (Å²) in [6.07, 6.45) is 15.9. The Morgan fingerprint density at radius 3 is 1.95 bits per heavy atom. The maximum atomic E-state index is 11.2. The van der Waals surface area contributed by atoms with E-state index in [1.807, 2.05) is 6.92 Å². The average Bonchev–Trinajstić information content (AvgIpc) is 2.47. The summed E-state index contributed by atoms with van der Waals surface area (Å²) in [6.45, 7) is 4.61. The molecule has 1 atom stereocenters. The van der Waals surface area contributed by atoms with Crippen LogP contribution in [0.15, 0.2) is 0 Å². The van der Waals surface area contributed by atoms with E-state index in [1.54, 1.807) is 0 Å². The summed E-state index contributed by atoms with van der Waals surface area (Å²) in [5, 5.41) is 0.507. The van der Waals surface area contributed by atoms with E-state index in [-0.39, 0.29) is 5.97 Å². The van der Waals surface area contributed by atoms with Gasteiger partial charge in [-0.15, -0.1) is 0 Å². The van der Waals surface area contributed by atoms with E-state index in [9.17, 15) is 4.79 Å². The summed E-state index contributed by atoms with van der Waals surface area (Å²) in [7, 11) is 0. The zero-order valence-electron chi connectivity index (χ0n) is 14.2. The Kier molecular flexibility index (Phi) is 16.1. The monoisotopic (exact) mass is 316 g/mol. The van der Waals surface area contributed by atoms with Crippen LogP contribution >= 0.6 is 12.6 Å². The summed E-state index contributed by atoms with van der Waals surface area (Å²) in [6, 6.07) is 0. The van der Waals surface area contributed by atoms with Gasteiger partial charge in [0.25, 0.3) is 0 Å². The SMILES string of the molecule is CCCCCCCCCCC(S)CCCCC(=O)OCC. The number of hydrogen-bond acceptors (Lipinski definition) is 3. The van der Waals surface area contributed by atoms with Gasteiger partial charge in [-0.05, 0) is 26.2 Å². The number of esters is 1. The van der Waals surface area contributed by atoms with Gasteiger partial charge in [-0.2, -0.15) is 12.6 Å². The molecule has 0 rings (SSSR count). The standard InChI is InChI=1S/C18H36O2S/c1-3-5-6-7-8-9-10-11-14-17(21)15-12-13-16-18(19)20-4-2/h17,21H,3-16H2,1-2H3. The molecule has 0 saturated heterocycles. The number of ether oxygens (including phenoxy) is 1. The summed E-state index contributed by atoms with van der Waals surface area (Å²) in [5.74, 6) is -0.0590. The first-order chi connectivity index (χ1) is 10.2. The lowest BCUT2D eigenvalue weighted by atomic mass is 10.0. The van der Waals surface area contributed by atoms with Crippen LogP contribution in [-0.2, 0) is 9.53 Å². The minimum Gasteiger partial charge on any atom is -0.466 e. The molecule has 0 N–H and O–H groups in total. The van der Waals surface area contributed by atoms with Gasteiger partial charge >= 0.3 is 5.97 Å². The molecule has 0 bridgehead atoms. The van der Waals surface area contributed by atoms with Crippen LogP contribution in [0, 0.1) is 0 Å². The van der Waals surface area contributed by atoms with Crippen LogP contribution < -0.4 is 0 Å². The maximum Gasteiger partial charge on any atom is 0.305 e. The van der Waals surface area contributed by atoms with Gasteiger partial charge in [-0.25, -0.2) is 0 Å². The maximum absolute atomic E-state index is 11.2. The second kappa shape index (κ2) is 16.2. The van der Waals surface area contributed by atoms with Crippen LogP contribution in [0.2, 0.25) is 0 Å². The molecular formula is C18H36O2S. The van der Waals surface area contributed by atoms with Gasteiger partial charge in [-0.3, -0.25) is 4.79 Å². The molecule has 0 heterocycles. The summed E-state index contributed by atoms with van der Waals surface area (Å²) >= 11 is 4.65. The Bertz CT molecular complexity index is 231. The highest BCUT2D eigenvalue weighted by Crippen LogP contribution is 2.17. The van der Waals surface area contributed by atoms with Crippen molar-refractivity contribution in [3.8, 4) is 0 Å². The van der Waals surface area contributed by atoms with Crippen molar-refractivity contribution in [3.63, 3.8) is 0 Å². The van der Waals surface area contributed by atoms with E-state index in [0.717, 1.165) is 19.3 Å². The fourth-order valence-corrected chi connectivity index (χ4v) is 2.91. The van der Waals surface area contributed by atoms with Crippen molar-refractivity contribution in [2.45, 2.75) is 103 Å². The number of carbonyl (C=O) groups excluding carboxylic acids is 1. The zero-order valence-corrected chi connectivity index (χ0v) is 15.1. The van der Waals surface area contributed by atoms with Gasteiger partial charge in [0.05, 0.1) is 6.61 Å². The fraction of sp³-hybridized carbons (Fsp3) is 0.944. The Balaban J connectivity index is 3.23. The van der Waals surface area contributed by atoms with Crippen LogP contribution in [-0.4, -0.2) is 17.8 Å². The van der Waals surface area contributed by atoms with Crippen molar-refractivity contribution < 1.29 is 9.53 Å². The number of thiol groups is 1. The van der Waals surface area contributed by atoms with Crippen molar-refractivity contribution >= 4 is 18.6 Å². The molecule has 0 aliphatic heterocycles. The zero-order chi connectivity index (χ0) is 15.8. The number of carbonyl (C=O) groups is 1. The molecule has 0 aliphatic rings. The van der Waals surface area contributed by atoms with Crippen LogP contribution in [0.1, 0.15) is 97.3 Å². The lowest BCUT2D eigenvalue weighted by molar-refractivity contribution is -0.143. The molecule has 126 valence electrons. The van der Waals surface area contributed by atoms with Gasteiger partial charge in [0.1, 0.15) is 0 Å². The van der Waals surface area contributed by atoms with Gasteiger partial charge in [0, 0.05) is 11.7 Å². The summed E-state index contributed by atoms with van der Waals surface area (Å²) in [5.41, 5.74) is 0. The van der Waals surface area contributed by atoms with Crippen molar-refractivity contribution in [2.75, 3.05) is 6.61 Å². The first-order valence-corrected chi connectivity index (χ1v) is 9.56. The lowest BCUT2D eigenvalue weighted by Gasteiger charge is -2.10.